The summed E-state index contributed by atoms with van der Waals surface area (Å²) in [5, 5.41) is 3.42. The van der Waals surface area contributed by atoms with E-state index in [9.17, 15) is 9.59 Å². The number of carbonyl (C=O) groups excluding carboxylic acids is 2. The quantitative estimate of drug-likeness (QED) is 0.674. The Labute approximate surface area is 176 Å². The molecule has 7 heteroatoms. The van der Waals surface area contributed by atoms with Crippen molar-refractivity contribution in [3.63, 3.8) is 0 Å². The van der Waals surface area contributed by atoms with Crippen LogP contribution in [-0.2, 0) is 16.1 Å². The van der Waals surface area contributed by atoms with E-state index in [1.165, 1.54) is 4.90 Å². The van der Waals surface area contributed by atoms with Crippen molar-refractivity contribution in [1.82, 2.24) is 10.2 Å². The molecule has 0 aliphatic heterocycles. The van der Waals surface area contributed by atoms with E-state index in [0.29, 0.717) is 16.5 Å². The highest BCUT2D eigenvalue weighted by Crippen LogP contribution is 2.18. The summed E-state index contributed by atoms with van der Waals surface area (Å²) in [5.74, 6) is 0.721. The van der Waals surface area contributed by atoms with Gasteiger partial charge < -0.3 is 19.7 Å². The third-order valence-electron chi connectivity index (χ3n) is 4.26. The Morgan fingerprint density at radius 3 is 2.31 bits per heavy atom. The van der Waals surface area contributed by atoms with Crippen LogP contribution in [0.15, 0.2) is 48.5 Å². The molecule has 0 aliphatic carbocycles. The fourth-order valence-electron chi connectivity index (χ4n) is 2.72. The van der Waals surface area contributed by atoms with Crippen molar-refractivity contribution in [2.75, 3.05) is 13.7 Å². The molecule has 0 bridgehead atoms. The van der Waals surface area contributed by atoms with Gasteiger partial charge in [-0.3, -0.25) is 9.59 Å². The Kier molecular flexibility index (Phi) is 8.34. The highest BCUT2D eigenvalue weighted by molar-refractivity contribution is 6.30. The van der Waals surface area contributed by atoms with E-state index in [-0.39, 0.29) is 31.0 Å². The second-order valence-corrected chi connectivity index (χ2v) is 7.39. The van der Waals surface area contributed by atoms with Crippen molar-refractivity contribution >= 4 is 23.4 Å². The first-order valence-electron chi connectivity index (χ1n) is 9.41. The molecule has 0 unspecified atom stereocenters. The monoisotopic (exact) mass is 418 g/mol. The van der Waals surface area contributed by atoms with Gasteiger partial charge in [0.2, 0.25) is 5.91 Å². The topological polar surface area (TPSA) is 67.9 Å². The highest BCUT2D eigenvalue weighted by atomic mass is 35.5. The smallest absolute Gasteiger partial charge is 0.261 e. The number of halogens is 1. The van der Waals surface area contributed by atoms with E-state index >= 15 is 0 Å². The fourth-order valence-corrected chi connectivity index (χ4v) is 2.93. The molecule has 2 rings (SSSR count). The molecule has 0 heterocycles. The van der Waals surface area contributed by atoms with Crippen LogP contribution in [0.1, 0.15) is 26.3 Å². The Bertz CT molecular complexity index is 824. The molecule has 29 heavy (non-hydrogen) atoms. The minimum absolute atomic E-state index is 0.0244. The molecule has 0 aliphatic rings. The fraction of sp³-hybridized carbons (Fsp3) is 0.364. The zero-order chi connectivity index (χ0) is 21.4. The van der Waals surface area contributed by atoms with Gasteiger partial charge in [0.25, 0.3) is 5.91 Å². The first kappa shape index (κ1) is 22.6. The van der Waals surface area contributed by atoms with Gasteiger partial charge in [0, 0.05) is 17.6 Å². The Balaban J connectivity index is 2.13. The van der Waals surface area contributed by atoms with Gasteiger partial charge in [-0.15, -0.1) is 0 Å². The molecule has 2 aromatic rings. The standard InChI is InChI=1S/C22H27ClN2O4/c1-15(2)24-22(27)16(3)25(13-17-6-5-7-18(23)12-17)21(26)14-29-20-10-8-19(28-4)9-11-20/h5-12,15-16H,13-14H2,1-4H3,(H,24,27)/t16-/m1/s1. The predicted molar refractivity (Wildman–Crippen MR) is 113 cm³/mol. The number of nitrogens with one attached hydrogen (secondary N) is 1. The van der Waals surface area contributed by atoms with Gasteiger partial charge in [-0.2, -0.15) is 0 Å². The number of benzene rings is 2. The third kappa shape index (κ3) is 6.98. The highest BCUT2D eigenvalue weighted by Gasteiger charge is 2.27. The van der Waals surface area contributed by atoms with Crippen LogP contribution in [0.25, 0.3) is 0 Å². The number of ether oxygens (including phenoxy) is 2. The molecule has 1 atom stereocenters. The first-order chi connectivity index (χ1) is 13.8. The molecule has 156 valence electrons. The van der Waals surface area contributed by atoms with Crippen LogP contribution >= 0.6 is 11.6 Å². The molecule has 0 fully saturated rings. The molecular weight excluding hydrogens is 392 g/mol. The zero-order valence-electron chi connectivity index (χ0n) is 17.1. The minimum atomic E-state index is -0.664. The number of hydrogen-bond donors (Lipinski definition) is 1. The van der Waals surface area contributed by atoms with Crippen LogP contribution in [0.3, 0.4) is 0 Å². The van der Waals surface area contributed by atoms with Gasteiger partial charge in [0.1, 0.15) is 17.5 Å². The van der Waals surface area contributed by atoms with Crippen molar-refractivity contribution in [2.45, 2.75) is 39.4 Å². The van der Waals surface area contributed by atoms with Crippen molar-refractivity contribution in [3.8, 4) is 11.5 Å². The molecule has 6 nitrogen and oxygen atoms in total. The number of nitrogens with zero attached hydrogens (tertiary/aromatic N) is 1. The van der Waals surface area contributed by atoms with E-state index in [4.69, 9.17) is 21.1 Å². The first-order valence-corrected chi connectivity index (χ1v) is 9.79. The summed E-state index contributed by atoms with van der Waals surface area (Å²) < 4.78 is 10.7. The number of amides is 2. The average Bonchev–Trinajstić information content (AvgIpc) is 2.69. The van der Waals surface area contributed by atoms with Gasteiger partial charge in [-0.25, -0.2) is 0 Å². The van der Waals surface area contributed by atoms with Gasteiger partial charge in [0.05, 0.1) is 7.11 Å². The van der Waals surface area contributed by atoms with E-state index in [0.717, 1.165) is 5.56 Å². The summed E-state index contributed by atoms with van der Waals surface area (Å²) in [4.78, 5) is 26.9. The van der Waals surface area contributed by atoms with E-state index in [1.807, 2.05) is 26.0 Å². The lowest BCUT2D eigenvalue weighted by atomic mass is 10.1. The van der Waals surface area contributed by atoms with Crippen LogP contribution in [0.5, 0.6) is 11.5 Å². The molecule has 0 aromatic heterocycles. The van der Waals surface area contributed by atoms with Crippen molar-refractivity contribution in [3.05, 3.63) is 59.1 Å². The lowest BCUT2D eigenvalue weighted by molar-refractivity contribution is -0.142. The van der Waals surface area contributed by atoms with Crippen LogP contribution in [0.2, 0.25) is 5.02 Å². The zero-order valence-corrected chi connectivity index (χ0v) is 17.9. The van der Waals surface area contributed by atoms with Crippen LogP contribution in [-0.4, -0.2) is 42.5 Å². The van der Waals surface area contributed by atoms with Gasteiger partial charge in [-0.1, -0.05) is 23.7 Å². The van der Waals surface area contributed by atoms with Gasteiger partial charge in [0.15, 0.2) is 6.61 Å². The SMILES string of the molecule is COc1ccc(OCC(=O)N(Cc2cccc(Cl)c2)[C@H](C)C(=O)NC(C)C)cc1. The predicted octanol–water partition coefficient (Wildman–Crippen LogP) is 3.67. The summed E-state index contributed by atoms with van der Waals surface area (Å²) in [6.07, 6.45) is 0. The number of carbonyl (C=O) groups is 2. The Morgan fingerprint density at radius 2 is 1.72 bits per heavy atom. The second kappa shape index (κ2) is 10.7. The van der Waals surface area contributed by atoms with Crippen molar-refractivity contribution in [1.29, 1.82) is 0 Å². The second-order valence-electron chi connectivity index (χ2n) is 6.96. The van der Waals surface area contributed by atoms with Crippen LogP contribution in [0, 0.1) is 0 Å². The normalized spacial score (nSPS) is 11.7. The summed E-state index contributed by atoms with van der Waals surface area (Å²) >= 11 is 6.07. The summed E-state index contributed by atoms with van der Waals surface area (Å²) in [5.41, 5.74) is 0.833. The molecule has 0 spiro atoms. The Hall–Kier alpha value is -2.73. The molecule has 0 saturated carbocycles. The maximum absolute atomic E-state index is 12.9. The maximum Gasteiger partial charge on any atom is 0.261 e. The Morgan fingerprint density at radius 1 is 1.07 bits per heavy atom. The lowest BCUT2D eigenvalue weighted by Gasteiger charge is -2.29. The van der Waals surface area contributed by atoms with Crippen LogP contribution < -0.4 is 14.8 Å². The molecule has 0 radical (unpaired) electrons. The molecule has 2 aromatic carbocycles. The largest absolute Gasteiger partial charge is 0.497 e. The summed E-state index contributed by atoms with van der Waals surface area (Å²) in [6, 6.07) is 13.5. The molecule has 0 saturated heterocycles. The van der Waals surface area contributed by atoms with E-state index < -0.39 is 6.04 Å². The van der Waals surface area contributed by atoms with E-state index in [2.05, 4.69) is 5.32 Å². The van der Waals surface area contributed by atoms with Gasteiger partial charge >= 0.3 is 0 Å². The van der Waals surface area contributed by atoms with Crippen molar-refractivity contribution < 1.29 is 19.1 Å². The minimum Gasteiger partial charge on any atom is -0.497 e. The third-order valence-corrected chi connectivity index (χ3v) is 4.50. The summed E-state index contributed by atoms with van der Waals surface area (Å²) in [6.45, 7) is 5.51. The molecular formula is C22H27ClN2O4. The molecule has 1 N–H and O–H groups in total. The average molecular weight is 419 g/mol. The number of hydrogen-bond acceptors (Lipinski definition) is 4. The number of methoxy groups -OCH3 is 1. The van der Waals surface area contributed by atoms with Gasteiger partial charge in [-0.05, 0) is 62.7 Å². The number of rotatable bonds is 9. The van der Waals surface area contributed by atoms with Crippen LogP contribution in [0.4, 0.5) is 0 Å². The van der Waals surface area contributed by atoms with Crippen molar-refractivity contribution in [2.24, 2.45) is 0 Å². The lowest BCUT2D eigenvalue weighted by Crippen LogP contribution is -2.50. The maximum atomic E-state index is 12.9. The summed E-state index contributed by atoms with van der Waals surface area (Å²) in [7, 11) is 1.58. The molecule has 2 amide bonds. The van der Waals surface area contributed by atoms with E-state index in [1.54, 1.807) is 50.4 Å².